The molecule has 0 heterocycles. The molecule has 0 radical (unpaired) electrons. The van der Waals surface area contributed by atoms with Gasteiger partial charge in [-0.15, -0.1) is 0 Å². The average Bonchev–Trinajstić information content (AvgIpc) is 2.36. The lowest BCUT2D eigenvalue weighted by molar-refractivity contribution is -0.143. The molecule has 0 amide bonds. The van der Waals surface area contributed by atoms with Crippen molar-refractivity contribution >= 4 is 11.8 Å². The highest BCUT2D eigenvalue weighted by Crippen LogP contribution is 2.13. The van der Waals surface area contributed by atoms with E-state index in [1.165, 1.54) is 12.1 Å². The number of ketones is 1. The minimum atomic E-state index is -0.549. The number of ether oxygens (including phenoxy) is 1. The van der Waals surface area contributed by atoms with Crippen LogP contribution in [-0.4, -0.2) is 18.4 Å². The van der Waals surface area contributed by atoms with Crippen LogP contribution >= 0.6 is 0 Å². The minimum absolute atomic E-state index is 0.00772. The summed E-state index contributed by atoms with van der Waals surface area (Å²) in [6.07, 6.45) is 0.710. The number of hydrogen-bond donors (Lipinski definition) is 0. The molecule has 0 aliphatic heterocycles. The van der Waals surface area contributed by atoms with Gasteiger partial charge in [-0.1, -0.05) is 18.6 Å². The molecule has 0 unspecified atom stereocenters. The second kappa shape index (κ2) is 6.89. The summed E-state index contributed by atoms with van der Waals surface area (Å²) >= 11 is 0. The fourth-order valence-electron chi connectivity index (χ4n) is 1.49. The first-order chi connectivity index (χ1) is 8.54. The molecule has 0 spiro atoms. The first-order valence-electron chi connectivity index (χ1n) is 5.99. The van der Waals surface area contributed by atoms with Gasteiger partial charge in [-0.25, -0.2) is 4.39 Å². The Morgan fingerprint density at radius 2 is 2.00 bits per heavy atom. The van der Waals surface area contributed by atoms with Gasteiger partial charge in [-0.2, -0.15) is 0 Å². The van der Waals surface area contributed by atoms with E-state index in [-0.39, 0.29) is 24.2 Å². The van der Waals surface area contributed by atoms with Gasteiger partial charge in [0, 0.05) is 6.42 Å². The number of carbonyl (C=O) groups is 2. The number of carbonyl (C=O) groups excluding carboxylic acids is 2. The van der Waals surface area contributed by atoms with E-state index in [0.717, 1.165) is 12.0 Å². The summed E-state index contributed by atoms with van der Waals surface area (Å²) in [5.74, 6) is -1.34. The summed E-state index contributed by atoms with van der Waals surface area (Å²) < 4.78 is 18.3. The Bertz CT molecular complexity index is 441. The van der Waals surface area contributed by atoms with E-state index in [1.54, 1.807) is 13.0 Å². The zero-order chi connectivity index (χ0) is 13.5. The van der Waals surface area contributed by atoms with Gasteiger partial charge in [0.15, 0.2) is 5.78 Å². The van der Waals surface area contributed by atoms with Crippen molar-refractivity contribution < 1.29 is 18.7 Å². The highest BCUT2D eigenvalue weighted by molar-refractivity contribution is 5.97. The summed E-state index contributed by atoms with van der Waals surface area (Å²) in [6.45, 7) is 4.03. The molecule has 0 saturated carbocycles. The van der Waals surface area contributed by atoms with Gasteiger partial charge in [-0.3, -0.25) is 9.59 Å². The number of aryl methyl sites for hydroxylation is 1. The summed E-state index contributed by atoms with van der Waals surface area (Å²) in [5.41, 5.74) is 0.853. The Morgan fingerprint density at radius 3 is 2.67 bits per heavy atom. The summed E-state index contributed by atoms with van der Waals surface area (Å²) in [7, 11) is 0. The van der Waals surface area contributed by atoms with Crippen molar-refractivity contribution in [1.82, 2.24) is 0 Å². The lowest BCUT2D eigenvalue weighted by Gasteiger charge is -2.04. The molecule has 1 aromatic rings. The maximum atomic E-state index is 13.4. The van der Waals surface area contributed by atoms with Crippen molar-refractivity contribution in [2.75, 3.05) is 6.61 Å². The highest BCUT2D eigenvalue weighted by atomic mass is 19.1. The van der Waals surface area contributed by atoms with Crippen LogP contribution in [0.4, 0.5) is 4.39 Å². The number of benzene rings is 1. The van der Waals surface area contributed by atoms with Gasteiger partial charge in [-0.05, 0) is 25.5 Å². The standard InChI is InChI=1S/C14H17FO3/c1-3-8-18-14(17)7-6-13(16)11-9-10(2)4-5-12(11)15/h4-5,9H,3,6-8H2,1-2H3. The smallest absolute Gasteiger partial charge is 0.306 e. The molecule has 0 saturated heterocycles. The van der Waals surface area contributed by atoms with Gasteiger partial charge in [0.1, 0.15) is 5.82 Å². The topological polar surface area (TPSA) is 43.4 Å². The fraction of sp³-hybridized carbons (Fsp3) is 0.429. The summed E-state index contributed by atoms with van der Waals surface area (Å²) in [5, 5.41) is 0. The Balaban J connectivity index is 2.55. The van der Waals surface area contributed by atoms with E-state index < -0.39 is 11.8 Å². The van der Waals surface area contributed by atoms with E-state index in [9.17, 15) is 14.0 Å². The predicted octanol–water partition coefficient (Wildman–Crippen LogP) is 3.05. The van der Waals surface area contributed by atoms with Crippen molar-refractivity contribution in [1.29, 1.82) is 0 Å². The van der Waals surface area contributed by atoms with Crippen LogP contribution in [-0.2, 0) is 9.53 Å². The normalized spacial score (nSPS) is 10.2. The highest BCUT2D eigenvalue weighted by Gasteiger charge is 2.14. The fourth-order valence-corrected chi connectivity index (χ4v) is 1.49. The van der Waals surface area contributed by atoms with E-state index in [1.807, 2.05) is 6.92 Å². The molecule has 3 nitrogen and oxygen atoms in total. The minimum Gasteiger partial charge on any atom is -0.466 e. The van der Waals surface area contributed by atoms with Gasteiger partial charge in [0.05, 0.1) is 18.6 Å². The van der Waals surface area contributed by atoms with E-state index >= 15 is 0 Å². The van der Waals surface area contributed by atoms with Crippen molar-refractivity contribution in [3.05, 3.63) is 35.1 Å². The number of hydrogen-bond acceptors (Lipinski definition) is 3. The molecule has 1 aromatic carbocycles. The van der Waals surface area contributed by atoms with Crippen molar-refractivity contribution in [2.24, 2.45) is 0 Å². The van der Waals surface area contributed by atoms with Crippen LogP contribution in [0.1, 0.15) is 42.1 Å². The first kappa shape index (κ1) is 14.4. The number of rotatable bonds is 6. The van der Waals surface area contributed by atoms with Gasteiger partial charge >= 0.3 is 5.97 Å². The second-order valence-corrected chi connectivity index (χ2v) is 4.13. The predicted molar refractivity (Wildman–Crippen MR) is 66.0 cm³/mol. The maximum absolute atomic E-state index is 13.4. The third-order valence-corrected chi connectivity index (χ3v) is 2.45. The van der Waals surface area contributed by atoms with Crippen LogP contribution in [0, 0.1) is 12.7 Å². The number of halogens is 1. The molecule has 4 heteroatoms. The van der Waals surface area contributed by atoms with Crippen LogP contribution in [0.2, 0.25) is 0 Å². The lowest BCUT2D eigenvalue weighted by Crippen LogP contribution is -2.10. The zero-order valence-electron chi connectivity index (χ0n) is 10.7. The quantitative estimate of drug-likeness (QED) is 0.577. The van der Waals surface area contributed by atoms with E-state index in [0.29, 0.717) is 6.61 Å². The Kier molecular flexibility index (Phi) is 5.49. The lowest BCUT2D eigenvalue weighted by atomic mass is 10.0. The molecule has 98 valence electrons. The number of Topliss-reactive ketones (excluding diaryl/α,β-unsaturated/α-hetero) is 1. The largest absolute Gasteiger partial charge is 0.466 e. The van der Waals surface area contributed by atoms with Crippen LogP contribution in [0.3, 0.4) is 0 Å². The van der Waals surface area contributed by atoms with Crippen LogP contribution < -0.4 is 0 Å². The van der Waals surface area contributed by atoms with Gasteiger partial charge < -0.3 is 4.74 Å². The number of esters is 1. The van der Waals surface area contributed by atoms with Gasteiger partial charge in [0.25, 0.3) is 0 Å². The third-order valence-electron chi connectivity index (χ3n) is 2.45. The zero-order valence-corrected chi connectivity index (χ0v) is 10.7. The molecule has 0 aliphatic rings. The van der Waals surface area contributed by atoms with Crippen LogP contribution in [0.5, 0.6) is 0 Å². The van der Waals surface area contributed by atoms with E-state index in [4.69, 9.17) is 4.74 Å². The van der Waals surface area contributed by atoms with Crippen LogP contribution in [0.15, 0.2) is 18.2 Å². The second-order valence-electron chi connectivity index (χ2n) is 4.13. The summed E-state index contributed by atoms with van der Waals surface area (Å²) in [4.78, 5) is 23.0. The molecular weight excluding hydrogens is 235 g/mol. The molecule has 0 aliphatic carbocycles. The maximum Gasteiger partial charge on any atom is 0.306 e. The van der Waals surface area contributed by atoms with E-state index in [2.05, 4.69) is 0 Å². The van der Waals surface area contributed by atoms with Crippen molar-refractivity contribution in [3.8, 4) is 0 Å². The molecule has 0 atom stereocenters. The Morgan fingerprint density at radius 1 is 1.28 bits per heavy atom. The molecule has 1 rings (SSSR count). The van der Waals surface area contributed by atoms with Crippen molar-refractivity contribution in [3.63, 3.8) is 0 Å². The Labute approximate surface area is 106 Å². The molecule has 0 fully saturated rings. The molecular formula is C14H17FO3. The monoisotopic (exact) mass is 252 g/mol. The SMILES string of the molecule is CCCOC(=O)CCC(=O)c1cc(C)ccc1F. The molecule has 0 N–H and O–H groups in total. The first-order valence-corrected chi connectivity index (χ1v) is 5.99. The molecule has 0 aromatic heterocycles. The van der Waals surface area contributed by atoms with Crippen LogP contribution in [0.25, 0.3) is 0 Å². The molecule has 18 heavy (non-hydrogen) atoms. The molecule has 0 bridgehead atoms. The van der Waals surface area contributed by atoms with Gasteiger partial charge in [0.2, 0.25) is 0 Å². The average molecular weight is 252 g/mol. The third kappa shape index (κ3) is 4.28. The Hall–Kier alpha value is -1.71. The summed E-state index contributed by atoms with van der Waals surface area (Å²) in [6, 6.07) is 4.36. The van der Waals surface area contributed by atoms with Crippen molar-refractivity contribution in [2.45, 2.75) is 33.1 Å².